The van der Waals surface area contributed by atoms with Crippen LogP contribution in [-0.4, -0.2) is 35.9 Å². The first-order valence-electron chi connectivity index (χ1n) is 7.57. The molecule has 2 rings (SSSR count). The highest BCUT2D eigenvalue weighted by Gasteiger charge is 2.24. The molecule has 6 nitrogen and oxygen atoms in total. The van der Waals surface area contributed by atoms with Crippen molar-refractivity contribution in [3.8, 4) is 0 Å². The predicted octanol–water partition coefficient (Wildman–Crippen LogP) is 2.85. The van der Waals surface area contributed by atoms with Crippen LogP contribution >= 0.6 is 0 Å². The first-order chi connectivity index (χ1) is 11.5. The third kappa shape index (κ3) is 3.71. The fourth-order valence-electron chi connectivity index (χ4n) is 2.37. The lowest BCUT2D eigenvalue weighted by Gasteiger charge is -2.05. The monoisotopic (exact) mass is 329 g/mol. The van der Waals surface area contributed by atoms with E-state index in [-0.39, 0.29) is 30.3 Å². The van der Waals surface area contributed by atoms with Gasteiger partial charge >= 0.3 is 11.9 Å². The second kappa shape index (κ2) is 7.59. The zero-order valence-electron chi connectivity index (χ0n) is 13.8. The molecule has 126 valence electrons. The summed E-state index contributed by atoms with van der Waals surface area (Å²) in [6, 6.07) is 8.58. The Balaban J connectivity index is 2.10. The van der Waals surface area contributed by atoms with E-state index in [2.05, 4.69) is 4.98 Å². The van der Waals surface area contributed by atoms with Crippen LogP contribution in [0.15, 0.2) is 30.3 Å². The maximum atomic E-state index is 12.3. The first-order valence-corrected chi connectivity index (χ1v) is 7.57. The Morgan fingerprint density at radius 3 is 2.29 bits per heavy atom. The standard InChI is InChI=1S/C18H19NO5/c1-4-23-18(22)16-11(2)15(12(3)19-16)17(21)24-10-14(20)13-8-6-5-7-9-13/h5-9,19H,4,10H2,1-3H3. The maximum absolute atomic E-state index is 12.3. The minimum absolute atomic E-state index is 0.218. The van der Waals surface area contributed by atoms with Crippen molar-refractivity contribution in [2.75, 3.05) is 13.2 Å². The molecular weight excluding hydrogens is 310 g/mol. The van der Waals surface area contributed by atoms with Gasteiger partial charge in [0.15, 0.2) is 12.4 Å². The summed E-state index contributed by atoms with van der Waals surface area (Å²) in [6.45, 7) is 4.87. The average molecular weight is 329 g/mol. The Morgan fingerprint density at radius 1 is 1.00 bits per heavy atom. The van der Waals surface area contributed by atoms with Gasteiger partial charge in [0.1, 0.15) is 5.69 Å². The molecule has 0 saturated carbocycles. The normalized spacial score (nSPS) is 10.3. The van der Waals surface area contributed by atoms with Gasteiger partial charge in [-0.3, -0.25) is 4.79 Å². The first kappa shape index (κ1) is 17.5. The van der Waals surface area contributed by atoms with Gasteiger partial charge in [-0.05, 0) is 26.3 Å². The Kier molecular flexibility index (Phi) is 5.52. The van der Waals surface area contributed by atoms with Gasteiger partial charge < -0.3 is 14.5 Å². The minimum Gasteiger partial charge on any atom is -0.461 e. The molecule has 0 spiro atoms. The van der Waals surface area contributed by atoms with Crippen LogP contribution in [0, 0.1) is 13.8 Å². The Hall–Kier alpha value is -2.89. The summed E-state index contributed by atoms with van der Waals surface area (Å²) in [5.41, 5.74) is 1.88. The number of ketones is 1. The molecule has 1 heterocycles. The van der Waals surface area contributed by atoms with Crippen LogP contribution in [0.3, 0.4) is 0 Å². The summed E-state index contributed by atoms with van der Waals surface area (Å²) in [6.07, 6.45) is 0. The fourth-order valence-corrected chi connectivity index (χ4v) is 2.37. The van der Waals surface area contributed by atoms with E-state index < -0.39 is 11.9 Å². The van der Waals surface area contributed by atoms with Gasteiger partial charge in [0.25, 0.3) is 0 Å². The second-order valence-corrected chi connectivity index (χ2v) is 5.21. The van der Waals surface area contributed by atoms with Crippen molar-refractivity contribution in [1.29, 1.82) is 0 Å². The molecule has 2 aromatic rings. The lowest BCUT2D eigenvalue weighted by atomic mass is 10.1. The number of benzene rings is 1. The van der Waals surface area contributed by atoms with Crippen LogP contribution < -0.4 is 0 Å². The van der Waals surface area contributed by atoms with E-state index in [1.165, 1.54) is 0 Å². The quantitative estimate of drug-likeness (QED) is 0.650. The minimum atomic E-state index is -0.652. The highest BCUT2D eigenvalue weighted by atomic mass is 16.5. The van der Waals surface area contributed by atoms with Crippen LogP contribution in [0.4, 0.5) is 0 Å². The molecule has 0 aliphatic heterocycles. The number of hydrogen-bond acceptors (Lipinski definition) is 5. The number of rotatable bonds is 6. The number of aromatic nitrogens is 1. The molecule has 0 aliphatic rings. The Morgan fingerprint density at radius 2 is 1.67 bits per heavy atom. The van der Waals surface area contributed by atoms with Crippen molar-refractivity contribution < 1.29 is 23.9 Å². The fraction of sp³-hybridized carbons (Fsp3) is 0.278. The lowest BCUT2D eigenvalue weighted by molar-refractivity contribution is 0.0473. The van der Waals surface area contributed by atoms with Crippen molar-refractivity contribution in [1.82, 2.24) is 4.98 Å². The molecule has 0 saturated heterocycles. The number of ether oxygens (including phenoxy) is 2. The molecule has 0 amide bonds. The summed E-state index contributed by atoms with van der Waals surface area (Å²) in [7, 11) is 0. The van der Waals surface area contributed by atoms with E-state index in [1.807, 2.05) is 0 Å². The summed E-state index contributed by atoms with van der Waals surface area (Å²) >= 11 is 0. The highest BCUT2D eigenvalue weighted by molar-refractivity contribution is 6.01. The number of hydrogen-bond donors (Lipinski definition) is 1. The predicted molar refractivity (Wildman–Crippen MR) is 87.3 cm³/mol. The third-order valence-corrected chi connectivity index (χ3v) is 3.55. The molecular formula is C18H19NO5. The van der Waals surface area contributed by atoms with Crippen molar-refractivity contribution in [2.45, 2.75) is 20.8 Å². The van der Waals surface area contributed by atoms with Crippen molar-refractivity contribution in [3.63, 3.8) is 0 Å². The van der Waals surface area contributed by atoms with E-state index in [4.69, 9.17) is 9.47 Å². The van der Waals surface area contributed by atoms with Gasteiger partial charge in [-0.15, -0.1) is 0 Å². The molecule has 0 aliphatic carbocycles. The average Bonchev–Trinajstić information content (AvgIpc) is 2.88. The summed E-state index contributed by atoms with van der Waals surface area (Å²) < 4.78 is 10.0. The smallest absolute Gasteiger partial charge is 0.355 e. The lowest BCUT2D eigenvalue weighted by Crippen LogP contribution is -2.15. The van der Waals surface area contributed by atoms with Gasteiger partial charge in [-0.1, -0.05) is 30.3 Å². The number of Topliss-reactive ketones (excluding diaryl/α,β-unsaturated/α-hetero) is 1. The van der Waals surface area contributed by atoms with Gasteiger partial charge in [-0.25, -0.2) is 9.59 Å². The molecule has 24 heavy (non-hydrogen) atoms. The maximum Gasteiger partial charge on any atom is 0.355 e. The van der Waals surface area contributed by atoms with Crippen LogP contribution in [0.1, 0.15) is 49.4 Å². The Bertz CT molecular complexity index is 761. The molecule has 0 radical (unpaired) electrons. The molecule has 0 unspecified atom stereocenters. The van der Waals surface area contributed by atoms with Crippen molar-refractivity contribution >= 4 is 17.7 Å². The van der Waals surface area contributed by atoms with Gasteiger partial charge in [0.2, 0.25) is 0 Å². The number of aryl methyl sites for hydroxylation is 1. The summed E-state index contributed by atoms with van der Waals surface area (Å²) in [5.74, 6) is -1.47. The molecule has 0 fully saturated rings. The van der Waals surface area contributed by atoms with E-state index >= 15 is 0 Å². The third-order valence-electron chi connectivity index (χ3n) is 3.55. The molecule has 6 heteroatoms. The zero-order valence-corrected chi connectivity index (χ0v) is 13.8. The largest absolute Gasteiger partial charge is 0.461 e. The molecule has 1 N–H and O–H groups in total. The van der Waals surface area contributed by atoms with Crippen molar-refractivity contribution in [2.24, 2.45) is 0 Å². The molecule has 0 bridgehead atoms. The number of carbonyl (C=O) groups excluding carboxylic acids is 3. The molecule has 1 aromatic heterocycles. The number of carbonyl (C=O) groups is 3. The van der Waals surface area contributed by atoms with Gasteiger partial charge in [0, 0.05) is 11.3 Å². The summed E-state index contributed by atoms with van der Waals surface area (Å²) in [4.78, 5) is 38.9. The number of aromatic amines is 1. The molecule has 1 aromatic carbocycles. The summed E-state index contributed by atoms with van der Waals surface area (Å²) in [5, 5.41) is 0. The SMILES string of the molecule is CCOC(=O)c1[nH]c(C)c(C(=O)OCC(=O)c2ccccc2)c1C. The van der Waals surface area contributed by atoms with Crippen LogP contribution in [-0.2, 0) is 9.47 Å². The second-order valence-electron chi connectivity index (χ2n) is 5.21. The van der Waals surface area contributed by atoms with Crippen molar-refractivity contribution in [3.05, 3.63) is 58.4 Å². The van der Waals surface area contributed by atoms with E-state index in [0.717, 1.165) is 0 Å². The number of H-pyrrole nitrogens is 1. The van der Waals surface area contributed by atoms with E-state index in [9.17, 15) is 14.4 Å². The highest BCUT2D eigenvalue weighted by Crippen LogP contribution is 2.20. The van der Waals surface area contributed by atoms with E-state index in [0.29, 0.717) is 16.8 Å². The van der Waals surface area contributed by atoms with Crippen LogP contribution in [0.2, 0.25) is 0 Å². The topological polar surface area (TPSA) is 85.5 Å². The van der Waals surface area contributed by atoms with Crippen LogP contribution in [0.25, 0.3) is 0 Å². The van der Waals surface area contributed by atoms with E-state index in [1.54, 1.807) is 51.1 Å². The number of nitrogens with one attached hydrogen (secondary N) is 1. The van der Waals surface area contributed by atoms with Gasteiger partial charge in [-0.2, -0.15) is 0 Å². The zero-order chi connectivity index (χ0) is 17.7. The molecule has 0 atom stereocenters. The van der Waals surface area contributed by atoms with Crippen LogP contribution in [0.5, 0.6) is 0 Å². The number of esters is 2. The van der Waals surface area contributed by atoms with Gasteiger partial charge in [0.05, 0.1) is 12.2 Å². The Labute approximate surface area is 139 Å².